The average molecular weight is 405 g/mol. The van der Waals surface area contributed by atoms with Crippen LogP contribution in [0.15, 0.2) is 33.9 Å². The van der Waals surface area contributed by atoms with Gasteiger partial charge >= 0.3 is 17.6 Å². The van der Waals surface area contributed by atoms with Crippen LogP contribution in [0.3, 0.4) is 0 Å². The van der Waals surface area contributed by atoms with Crippen molar-refractivity contribution in [1.82, 2.24) is 14.9 Å². The van der Waals surface area contributed by atoms with Crippen molar-refractivity contribution < 1.29 is 24.6 Å². The highest BCUT2D eigenvalue weighted by molar-refractivity contribution is 5.86. The van der Waals surface area contributed by atoms with Gasteiger partial charge in [-0.3, -0.25) is 14.4 Å². The molecule has 1 heterocycles. The molecule has 0 bridgehead atoms. The lowest BCUT2D eigenvalue weighted by atomic mass is 10.0. The topological polar surface area (TPSA) is 159 Å². The third-order valence-electron chi connectivity index (χ3n) is 4.41. The van der Waals surface area contributed by atoms with E-state index < -0.39 is 47.6 Å². The lowest BCUT2D eigenvalue weighted by Gasteiger charge is -2.23. The molecule has 0 aliphatic heterocycles. The molecule has 0 unspecified atom stereocenters. The Labute approximate surface area is 165 Å². The van der Waals surface area contributed by atoms with Crippen molar-refractivity contribution in [2.45, 2.75) is 45.2 Å². The highest BCUT2D eigenvalue weighted by Gasteiger charge is 2.29. The molecule has 0 radical (unpaired) electrons. The Hall–Kier alpha value is -3.43. The molecule has 2 atom stereocenters. The first-order chi connectivity index (χ1) is 13.6. The van der Waals surface area contributed by atoms with Crippen LogP contribution in [0.1, 0.15) is 39.2 Å². The van der Waals surface area contributed by atoms with Crippen LogP contribution in [0, 0.1) is 5.92 Å². The molecule has 29 heavy (non-hydrogen) atoms. The zero-order valence-electron chi connectivity index (χ0n) is 16.0. The number of aromatic nitrogens is 2. The highest BCUT2D eigenvalue weighted by atomic mass is 16.4. The second kappa shape index (κ2) is 9.18. The number of nitrogens with zero attached hydrogens (tertiary/aromatic N) is 1. The molecule has 1 amide bonds. The van der Waals surface area contributed by atoms with Gasteiger partial charge in [-0.05, 0) is 30.9 Å². The van der Waals surface area contributed by atoms with E-state index >= 15 is 0 Å². The van der Waals surface area contributed by atoms with Crippen LogP contribution in [-0.4, -0.2) is 43.7 Å². The number of benzene rings is 1. The molecule has 2 rings (SSSR count). The second-order valence-corrected chi connectivity index (χ2v) is 7.13. The predicted molar refractivity (Wildman–Crippen MR) is 104 cm³/mol. The summed E-state index contributed by atoms with van der Waals surface area (Å²) in [6.07, 6.45) is -0.672. The van der Waals surface area contributed by atoms with Gasteiger partial charge in [0, 0.05) is 6.42 Å². The van der Waals surface area contributed by atoms with E-state index in [9.17, 15) is 29.1 Å². The molecule has 1 aromatic heterocycles. The van der Waals surface area contributed by atoms with Crippen molar-refractivity contribution in [2.24, 2.45) is 5.92 Å². The van der Waals surface area contributed by atoms with Crippen molar-refractivity contribution in [3.63, 3.8) is 0 Å². The molecule has 0 saturated carbocycles. The van der Waals surface area contributed by atoms with Gasteiger partial charge in [0.05, 0.1) is 10.9 Å². The summed E-state index contributed by atoms with van der Waals surface area (Å²) in [6.45, 7) is 3.58. The SMILES string of the molecule is CC(C)C[C@@H](C(=O)N[C@@H](CCC(=O)O)C(=O)O)n1c(=O)[nH]c2ccccc2c1=O. The molecule has 10 heteroatoms. The van der Waals surface area contributed by atoms with Crippen LogP contribution < -0.4 is 16.6 Å². The van der Waals surface area contributed by atoms with Crippen LogP contribution in [-0.2, 0) is 14.4 Å². The van der Waals surface area contributed by atoms with Crippen molar-refractivity contribution in [3.8, 4) is 0 Å². The van der Waals surface area contributed by atoms with E-state index in [0.29, 0.717) is 5.52 Å². The van der Waals surface area contributed by atoms with Gasteiger partial charge in [0.2, 0.25) is 5.91 Å². The second-order valence-electron chi connectivity index (χ2n) is 7.13. The van der Waals surface area contributed by atoms with Crippen molar-refractivity contribution in [1.29, 1.82) is 0 Å². The van der Waals surface area contributed by atoms with Gasteiger partial charge in [-0.1, -0.05) is 26.0 Å². The molecule has 0 fully saturated rings. The smallest absolute Gasteiger partial charge is 0.329 e. The van der Waals surface area contributed by atoms with E-state index in [-0.39, 0.29) is 24.1 Å². The summed E-state index contributed by atoms with van der Waals surface area (Å²) in [5.41, 5.74) is -1.12. The molecule has 0 saturated heterocycles. The summed E-state index contributed by atoms with van der Waals surface area (Å²) in [4.78, 5) is 63.0. The standard InChI is InChI=1S/C19H23N3O7/c1-10(2)9-14(16(25)20-13(18(27)28)7-8-15(23)24)22-17(26)11-5-3-4-6-12(11)21-19(22)29/h3-6,10,13-14H,7-9H2,1-2H3,(H,20,25)(H,21,29)(H,23,24)(H,27,28)/t13-,14-/m0/s1. The number of carbonyl (C=O) groups excluding carboxylic acids is 1. The van der Waals surface area contributed by atoms with Gasteiger partial charge in [0.1, 0.15) is 12.1 Å². The minimum absolute atomic E-state index is 0.0918. The van der Waals surface area contributed by atoms with Crippen LogP contribution in [0.2, 0.25) is 0 Å². The Morgan fingerprint density at radius 3 is 2.38 bits per heavy atom. The molecule has 0 aliphatic carbocycles. The lowest BCUT2D eigenvalue weighted by Crippen LogP contribution is -2.49. The van der Waals surface area contributed by atoms with Gasteiger partial charge in [-0.25, -0.2) is 14.2 Å². The summed E-state index contributed by atoms with van der Waals surface area (Å²) in [5, 5.41) is 20.5. The minimum atomic E-state index is -1.46. The number of aromatic amines is 1. The maximum Gasteiger partial charge on any atom is 0.329 e. The van der Waals surface area contributed by atoms with Crippen molar-refractivity contribution in [3.05, 3.63) is 45.1 Å². The first-order valence-electron chi connectivity index (χ1n) is 9.10. The number of carboxylic acids is 2. The van der Waals surface area contributed by atoms with Gasteiger partial charge < -0.3 is 20.5 Å². The van der Waals surface area contributed by atoms with E-state index in [1.807, 2.05) is 0 Å². The first-order valence-corrected chi connectivity index (χ1v) is 9.10. The largest absolute Gasteiger partial charge is 0.481 e. The lowest BCUT2D eigenvalue weighted by molar-refractivity contribution is -0.143. The van der Waals surface area contributed by atoms with Gasteiger partial charge in [-0.2, -0.15) is 0 Å². The average Bonchev–Trinajstić information content (AvgIpc) is 2.63. The maximum absolute atomic E-state index is 12.9. The molecule has 1 aromatic carbocycles. The number of H-pyrrole nitrogens is 1. The number of rotatable bonds is 9. The fourth-order valence-corrected chi connectivity index (χ4v) is 3.03. The zero-order valence-corrected chi connectivity index (χ0v) is 16.0. The van der Waals surface area contributed by atoms with Crippen LogP contribution in [0.25, 0.3) is 10.9 Å². The Balaban J connectivity index is 2.46. The summed E-state index contributed by atoms with van der Waals surface area (Å²) in [7, 11) is 0. The van der Waals surface area contributed by atoms with Crippen molar-refractivity contribution >= 4 is 28.7 Å². The van der Waals surface area contributed by atoms with E-state index in [4.69, 9.17) is 5.11 Å². The molecule has 156 valence electrons. The number of hydrogen-bond donors (Lipinski definition) is 4. The van der Waals surface area contributed by atoms with E-state index in [1.165, 1.54) is 6.07 Å². The normalized spacial score (nSPS) is 13.2. The number of amides is 1. The maximum atomic E-state index is 12.9. The number of nitrogens with one attached hydrogen (secondary N) is 2. The van der Waals surface area contributed by atoms with E-state index in [0.717, 1.165) is 4.57 Å². The van der Waals surface area contributed by atoms with Gasteiger partial charge in [-0.15, -0.1) is 0 Å². The summed E-state index contributed by atoms with van der Waals surface area (Å²) < 4.78 is 0.785. The third-order valence-corrected chi connectivity index (χ3v) is 4.41. The zero-order chi connectivity index (χ0) is 21.7. The number of carboxylic acid groups (broad SMARTS) is 2. The highest BCUT2D eigenvalue weighted by Crippen LogP contribution is 2.17. The molecule has 10 nitrogen and oxygen atoms in total. The fraction of sp³-hybridized carbons (Fsp3) is 0.421. The molecular formula is C19H23N3O7. The number of carbonyl (C=O) groups is 3. The number of aliphatic carboxylic acids is 2. The van der Waals surface area contributed by atoms with Crippen LogP contribution in [0.4, 0.5) is 0 Å². The van der Waals surface area contributed by atoms with E-state index in [1.54, 1.807) is 32.0 Å². The predicted octanol–water partition coefficient (Wildman–Crippen LogP) is 0.711. The van der Waals surface area contributed by atoms with Crippen LogP contribution >= 0.6 is 0 Å². The monoisotopic (exact) mass is 405 g/mol. The molecule has 0 aliphatic rings. The van der Waals surface area contributed by atoms with E-state index in [2.05, 4.69) is 10.3 Å². The molecule has 2 aromatic rings. The minimum Gasteiger partial charge on any atom is -0.481 e. The Bertz CT molecular complexity index is 1040. The molecule has 0 spiro atoms. The Morgan fingerprint density at radius 1 is 1.14 bits per heavy atom. The number of para-hydroxylation sites is 1. The van der Waals surface area contributed by atoms with Crippen molar-refractivity contribution in [2.75, 3.05) is 0 Å². The molecular weight excluding hydrogens is 382 g/mol. The van der Waals surface area contributed by atoms with Crippen LogP contribution in [0.5, 0.6) is 0 Å². The summed E-state index contributed by atoms with van der Waals surface area (Å²) in [5.74, 6) is -3.53. The number of fused-ring (bicyclic) bond motifs is 1. The van der Waals surface area contributed by atoms with Gasteiger partial charge in [0.25, 0.3) is 5.56 Å². The fourth-order valence-electron chi connectivity index (χ4n) is 3.03. The molecule has 4 N–H and O–H groups in total. The Morgan fingerprint density at radius 2 is 1.79 bits per heavy atom. The third kappa shape index (κ3) is 5.31. The van der Waals surface area contributed by atoms with Gasteiger partial charge in [0.15, 0.2) is 0 Å². The summed E-state index contributed by atoms with van der Waals surface area (Å²) in [6, 6.07) is 3.65. The summed E-state index contributed by atoms with van der Waals surface area (Å²) >= 11 is 0. The quantitative estimate of drug-likeness (QED) is 0.478. The Kier molecular flexibility index (Phi) is 6.92. The number of hydrogen-bond acceptors (Lipinski definition) is 5. The first kappa shape index (κ1) is 21.9.